The standard InChI is InChI=1S/C23H17NO5/c1-14(21(25)24-18-11-10-15-6-2-3-7-16(15)12-18)28-22(26)19-13-17-8-4-5-9-20(17)29-23(19)27/h2-14H,1H3,(H,24,25)/t14-/m1/s1. The molecule has 1 N–H and O–H groups in total. The van der Waals surface area contributed by atoms with Gasteiger partial charge < -0.3 is 14.5 Å². The van der Waals surface area contributed by atoms with Gasteiger partial charge in [0.1, 0.15) is 11.1 Å². The summed E-state index contributed by atoms with van der Waals surface area (Å²) in [6.07, 6.45) is -1.10. The Balaban J connectivity index is 1.48. The fraction of sp³-hybridized carbons (Fsp3) is 0.0870. The lowest BCUT2D eigenvalue weighted by atomic mass is 10.1. The van der Waals surface area contributed by atoms with Gasteiger partial charge in [0, 0.05) is 11.1 Å². The lowest BCUT2D eigenvalue weighted by Gasteiger charge is -2.13. The molecule has 29 heavy (non-hydrogen) atoms. The second kappa shape index (κ2) is 7.59. The van der Waals surface area contributed by atoms with E-state index in [4.69, 9.17) is 9.15 Å². The van der Waals surface area contributed by atoms with E-state index in [9.17, 15) is 14.4 Å². The monoisotopic (exact) mass is 387 g/mol. The first-order valence-electron chi connectivity index (χ1n) is 9.05. The van der Waals surface area contributed by atoms with Crippen molar-refractivity contribution in [3.8, 4) is 0 Å². The number of rotatable bonds is 4. The van der Waals surface area contributed by atoms with Crippen molar-refractivity contribution in [1.82, 2.24) is 0 Å². The molecule has 3 aromatic carbocycles. The van der Waals surface area contributed by atoms with Gasteiger partial charge in [-0.1, -0.05) is 48.5 Å². The topological polar surface area (TPSA) is 85.6 Å². The van der Waals surface area contributed by atoms with Gasteiger partial charge in [0.2, 0.25) is 0 Å². The molecule has 144 valence electrons. The van der Waals surface area contributed by atoms with Crippen molar-refractivity contribution in [2.75, 3.05) is 5.32 Å². The van der Waals surface area contributed by atoms with Crippen LogP contribution in [0, 0.1) is 0 Å². The number of hydrogen-bond donors (Lipinski definition) is 1. The number of ether oxygens (including phenoxy) is 1. The molecule has 1 heterocycles. The Morgan fingerprint density at radius 3 is 2.38 bits per heavy atom. The third kappa shape index (κ3) is 3.87. The van der Waals surface area contributed by atoms with Crippen molar-refractivity contribution in [3.05, 3.63) is 88.8 Å². The van der Waals surface area contributed by atoms with Crippen LogP contribution in [0.5, 0.6) is 0 Å². The fourth-order valence-corrected chi connectivity index (χ4v) is 2.99. The highest BCUT2D eigenvalue weighted by Gasteiger charge is 2.22. The summed E-state index contributed by atoms with van der Waals surface area (Å²) in [5, 5.41) is 5.33. The lowest BCUT2D eigenvalue weighted by molar-refractivity contribution is -0.123. The number of para-hydroxylation sites is 1. The van der Waals surface area contributed by atoms with E-state index in [1.807, 2.05) is 36.4 Å². The maximum Gasteiger partial charge on any atom is 0.351 e. The quantitative estimate of drug-likeness (QED) is 0.420. The van der Waals surface area contributed by atoms with E-state index in [-0.39, 0.29) is 5.56 Å². The minimum Gasteiger partial charge on any atom is -0.449 e. The maximum absolute atomic E-state index is 12.4. The van der Waals surface area contributed by atoms with Gasteiger partial charge in [-0.3, -0.25) is 4.79 Å². The summed E-state index contributed by atoms with van der Waals surface area (Å²) >= 11 is 0. The van der Waals surface area contributed by atoms with Crippen LogP contribution in [0.25, 0.3) is 21.7 Å². The second-order valence-electron chi connectivity index (χ2n) is 6.58. The van der Waals surface area contributed by atoms with Crippen LogP contribution < -0.4 is 10.9 Å². The van der Waals surface area contributed by atoms with Crippen LogP contribution in [0.2, 0.25) is 0 Å². The van der Waals surface area contributed by atoms with E-state index in [0.29, 0.717) is 16.7 Å². The highest BCUT2D eigenvalue weighted by molar-refractivity contribution is 5.99. The zero-order valence-electron chi connectivity index (χ0n) is 15.5. The zero-order chi connectivity index (χ0) is 20.4. The van der Waals surface area contributed by atoms with Crippen molar-refractivity contribution in [3.63, 3.8) is 0 Å². The molecule has 6 nitrogen and oxygen atoms in total. The number of fused-ring (bicyclic) bond motifs is 2. The van der Waals surface area contributed by atoms with Crippen molar-refractivity contribution in [2.45, 2.75) is 13.0 Å². The summed E-state index contributed by atoms with van der Waals surface area (Å²) in [6, 6.07) is 21.5. The van der Waals surface area contributed by atoms with Crippen LogP contribution in [0.3, 0.4) is 0 Å². The predicted octanol–water partition coefficient (Wildman–Crippen LogP) is 4.13. The third-order valence-corrected chi connectivity index (χ3v) is 4.53. The minimum atomic E-state index is -1.10. The van der Waals surface area contributed by atoms with Crippen molar-refractivity contribution in [1.29, 1.82) is 0 Å². The smallest absolute Gasteiger partial charge is 0.351 e. The summed E-state index contributed by atoms with van der Waals surface area (Å²) < 4.78 is 10.3. The number of anilines is 1. The summed E-state index contributed by atoms with van der Waals surface area (Å²) in [5.41, 5.74) is -0.108. The van der Waals surface area contributed by atoms with Gasteiger partial charge in [0.15, 0.2) is 6.10 Å². The summed E-state index contributed by atoms with van der Waals surface area (Å²) in [7, 11) is 0. The largest absolute Gasteiger partial charge is 0.449 e. The van der Waals surface area contributed by atoms with Crippen LogP contribution in [0.15, 0.2) is 82.0 Å². The SMILES string of the molecule is C[C@@H](OC(=O)c1cc2ccccc2oc1=O)C(=O)Nc1ccc2ccccc2c1. The molecule has 1 amide bonds. The molecule has 0 aliphatic rings. The number of nitrogens with one attached hydrogen (secondary N) is 1. The van der Waals surface area contributed by atoms with E-state index in [1.165, 1.54) is 13.0 Å². The molecule has 4 rings (SSSR count). The Morgan fingerprint density at radius 2 is 1.59 bits per heavy atom. The minimum absolute atomic E-state index is 0.256. The summed E-state index contributed by atoms with van der Waals surface area (Å²) in [4.78, 5) is 36.9. The van der Waals surface area contributed by atoms with Crippen LogP contribution in [-0.2, 0) is 9.53 Å². The number of benzene rings is 3. The van der Waals surface area contributed by atoms with Crippen LogP contribution in [0.4, 0.5) is 5.69 Å². The Bertz CT molecular complexity index is 1290. The average molecular weight is 387 g/mol. The van der Waals surface area contributed by atoms with E-state index in [2.05, 4.69) is 5.32 Å². The highest BCUT2D eigenvalue weighted by Crippen LogP contribution is 2.19. The molecular formula is C23H17NO5. The molecule has 0 saturated carbocycles. The molecule has 0 spiro atoms. The number of amides is 1. The van der Waals surface area contributed by atoms with Gasteiger partial charge in [-0.05, 0) is 42.0 Å². The zero-order valence-corrected chi connectivity index (χ0v) is 15.5. The van der Waals surface area contributed by atoms with Crippen molar-refractivity contribution in [2.24, 2.45) is 0 Å². The lowest BCUT2D eigenvalue weighted by Crippen LogP contribution is -2.31. The van der Waals surface area contributed by atoms with Crippen LogP contribution in [0.1, 0.15) is 17.3 Å². The number of carbonyl (C=O) groups excluding carboxylic acids is 2. The van der Waals surface area contributed by atoms with Gasteiger partial charge >= 0.3 is 11.6 Å². The second-order valence-corrected chi connectivity index (χ2v) is 6.58. The Morgan fingerprint density at radius 1 is 0.897 bits per heavy atom. The van der Waals surface area contributed by atoms with Crippen molar-refractivity contribution < 1.29 is 18.7 Å². The third-order valence-electron chi connectivity index (χ3n) is 4.53. The molecule has 0 bridgehead atoms. The number of hydrogen-bond acceptors (Lipinski definition) is 5. The van der Waals surface area contributed by atoms with Crippen LogP contribution in [-0.4, -0.2) is 18.0 Å². The van der Waals surface area contributed by atoms with E-state index in [1.54, 1.807) is 30.3 Å². The van der Waals surface area contributed by atoms with Gasteiger partial charge in [0.25, 0.3) is 5.91 Å². The summed E-state index contributed by atoms with van der Waals surface area (Å²) in [6.45, 7) is 1.44. The molecule has 4 aromatic rings. The molecule has 0 aliphatic heterocycles. The Hall–Kier alpha value is -3.93. The molecule has 0 saturated heterocycles. The normalized spacial score (nSPS) is 11.9. The van der Waals surface area contributed by atoms with Crippen LogP contribution >= 0.6 is 0 Å². The fourth-order valence-electron chi connectivity index (χ4n) is 2.99. The molecule has 1 aromatic heterocycles. The molecule has 0 aliphatic carbocycles. The highest BCUT2D eigenvalue weighted by atomic mass is 16.5. The number of esters is 1. The first kappa shape index (κ1) is 18.4. The molecule has 1 atom stereocenters. The Labute approximate surface area is 165 Å². The van der Waals surface area contributed by atoms with Gasteiger partial charge in [0.05, 0.1) is 0 Å². The first-order valence-corrected chi connectivity index (χ1v) is 9.05. The Kier molecular flexibility index (Phi) is 4.83. The molecular weight excluding hydrogens is 370 g/mol. The van der Waals surface area contributed by atoms with Gasteiger partial charge in [-0.25, -0.2) is 9.59 Å². The maximum atomic E-state index is 12.4. The van der Waals surface area contributed by atoms with Gasteiger partial charge in [-0.15, -0.1) is 0 Å². The first-order chi connectivity index (χ1) is 14.0. The van der Waals surface area contributed by atoms with E-state index in [0.717, 1.165) is 10.8 Å². The molecule has 0 fully saturated rings. The summed E-state index contributed by atoms with van der Waals surface area (Å²) in [5.74, 6) is -1.41. The van der Waals surface area contributed by atoms with Gasteiger partial charge in [-0.2, -0.15) is 0 Å². The molecule has 0 unspecified atom stereocenters. The number of carbonyl (C=O) groups is 2. The average Bonchev–Trinajstić information content (AvgIpc) is 2.73. The predicted molar refractivity (Wildman–Crippen MR) is 110 cm³/mol. The molecule has 0 radical (unpaired) electrons. The molecule has 6 heteroatoms. The van der Waals surface area contributed by atoms with E-state index >= 15 is 0 Å². The van der Waals surface area contributed by atoms with E-state index < -0.39 is 23.6 Å². The van der Waals surface area contributed by atoms with Crippen molar-refractivity contribution >= 4 is 39.3 Å².